The van der Waals surface area contributed by atoms with Crippen LogP contribution < -0.4 is 5.32 Å². The molecule has 4 rings (SSSR count). The molecule has 6 nitrogen and oxygen atoms in total. The minimum absolute atomic E-state index is 0.0680. The largest absolute Gasteiger partial charge is 0.508 e. The summed E-state index contributed by atoms with van der Waals surface area (Å²) in [5.74, 6) is -1.68. The van der Waals surface area contributed by atoms with E-state index in [4.69, 9.17) is 4.74 Å². The van der Waals surface area contributed by atoms with E-state index in [1.165, 1.54) is 12.1 Å². The summed E-state index contributed by atoms with van der Waals surface area (Å²) in [5, 5.41) is 21.9. The van der Waals surface area contributed by atoms with Crippen LogP contribution in [0.15, 0.2) is 71.2 Å². The second-order valence-corrected chi connectivity index (χ2v) is 7.86. The van der Waals surface area contributed by atoms with E-state index in [9.17, 15) is 19.8 Å². The number of alkyl carbamates (subject to hydrolysis) is 1. The number of carboxylic acids is 1. The van der Waals surface area contributed by atoms with Crippen LogP contribution in [-0.4, -0.2) is 28.9 Å². The van der Waals surface area contributed by atoms with Gasteiger partial charge < -0.3 is 20.3 Å². The SMILES string of the molecule is O=C(NC(C(=O)O)c1ccc(Br)cc1O)OCC1c2ccccc2-c2ccccc21. The number of aromatic hydroxyl groups is 1. The monoisotopic (exact) mass is 467 g/mol. The minimum atomic E-state index is -1.44. The van der Waals surface area contributed by atoms with Crippen molar-refractivity contribution in [1.29, 1.82) is 0 Å². The van der Waals surface area contributed by atoms with Crippen LogP contribution in [0.1, 0.15) is 28.7 Å². The quantitative estimate of drug-likeness (QED) is 0.499. The number of benzene rings is 3. The van der Waals surface area contributed by atoms with E-state index in [1.807, 2.05) is 48.5 Å². The standard InChI is InChI=1S/C23H18BrNO5/c24-13-9-10-18(20(26)11-13)21(22(27)28)25-23(29)30-12-19-16-7-3-1-5-14(16)15-6-2-4-8-17(15)19/h1-11,19,21,26H,12H2,(H,25,29)(H,27,28). The maximum atomic E-state index is 12.4. The molecule has 1 aliphatic carbocycles. The summed E-state index contributed by atoms with van der Waals surface area (Å²) in [6.45, 7) is 0.0680. The summed E-state index contributed by atoms with van der Waals surface area (Å²) < 4.78 is 5.99. The summed E-state index contributed by atoms with van der Waals surface area (Å²) in [6, 6.07) is 18.8. The molecule has 0 spiro atoms. The van der Waals surface area contributed by atoms with Gasteiger partial charge >= 0.3 is 12.1 Å². The first-order valence-corrected chi connectivity index (χ1v) is 10.1. The van der Waals surface area contributed by atoms with Crippen molar-refractivity contribution in [2.45, 2.75) is 12.0 Å². The zero-order valence-electron chi connectivity index (χ0n) is 15.7. The van der Waals surface area contributed by atoms with Gasteiger partial charge in [0.1, 0.15) is 12.4 Å². The van der Waals surface area contributed by atoms with E-state index < -0.39 is 18.1 Å². The predicted octanol–water partition coefficient (Wildman–Crippen LogP) is 4.82. The molecule has 0 fully saturated rings. The van der Waals surface area contributed by atoms with Crippen molar-refractivity contribution in [2.24, 2.45) is 0 Å². The molecule has 3 aromatic rings. The Kier molecular flexibility index (Phi) is 5.46. The predicted molar refractivity (Wildman–Crippen MR) is 114 cm³/mol. The Labute approximate surface area is 181 Å². The fraction of sp³-hybridized carbons (Fsp3) is 0.130. The Morgan fingerprint density at radius 3 is 2.17 bits per heavy atom. The zero-order valence-corrected chi connectivity index (χ0v) is 17.3. The van der Waals surface area contributed by atoms with Gasteiger partial charge in [-0.25, -0.2) is 9.59 Å². The maximum Gasteiger partial charge on any atom is 0.408 e. The number of amides is 1. The number of hydrogen-bond acceptors (Lipinski definition) is 4. The van der Waals surface area contributed by atoms with Gasteiger partial charge in [-0.2, -0.15) is 0 Å². The Bertz CT molecular complexity index is 1080. The number of phenolic OH excluding ortho intramolecular Hbond substituents is 1. The molecule has 1 unspecified atom stereocenters. The number of nitrogens with one attached hydrogen (secondary N) is 1. The van der Waals surface area contributed by atoms with Crippen molar-refractivity contribution in [3.8, 4) is 16.9 Å². The van der Waals surface area contributed by atoms with Crippen LogP contribution in [0.25, 0.3) is 11.1 Å². The van der Waals surface area contributed by atoms with Crippen molar-refractivity contribution < 1.29 is 24.5 Å². The lowest BCUT2D eigenvalue weighted by Crippen LogP contribution is -2.34. The number of ether oxygens (including phenoxy) is 1. The summed E-state index contributed by atoms with van der Waals surface area (Å²) >= 11 is 3.20. The number of phenols is 1. The second kappa shape index (κ2) is 8.20. The van der Waals surface area contributed by atoms with E-state index in [2.05, 4.69) is 21.2 Å². The van der Waals surface area contributed by atoms with Gasteiger partial charge in [-0.1, -0.05) is 70.5 Å². The number of fused-ring (bicyclic) bond motifs is 3. The van der Waals surface area contributed by atoms with Crippen LogP contribution in [0.2, 0.25) is 0 Å². The van der Waals surface area contributed by atoms with Crippen molar-refractivity contribution in [3.05, 3.63) is 87.9 Å². The first-order valence-electron chi connectivity index (χ1n) is 9.28. The fourth-order valence-electron chi connectivity index (χ4n) is 3.79. The van der Waals surface area contributed by atoms with E-state index in [0.29, 0.717) is 4.47 Å². The lowest BCUT2D eigenvalue weighted by molar-refractivity contribution is -0.139. The molecule has 1 atom stereocenters. The third kappa shape index (κ3) is 3.76. The van der Waals surface area contributed by atoms with E-state index in [-0.39, 0.29) is 23.8 Å². The van der Waals surface area contributed by atoms with Crippen LogP contribution in [-0.2, 0) is 9.53 Å². The Morgan fingerprint density at radius 2 is 1.60 bits per heavy atom. The van der Waals surface area contributed by atoms with Gasteiger partial charge in [-0.05, 0) is 34.4 Å². The molecule has 0 heterocycles. The Balaban J connectivity index is 1.50. The Hall–Kier alpha value is -3.32. The topological polar surface area (TPSA) is 95.9 Å². The first kappa shape index (κ1) is 20.0. The van der Waals surface area contributed by atoms with Crippen molar-refractivity contribution >= 4 is 28.0 Å². The van der Waals surface area contributed by atoms with Gasteiger partial charge in [0.25, 0.3) is 0 Å². The molecule has 0 bridgehead atoms. The van der Waals surface area contributed by atoms with Gasteiger partial charge in [-0.3, -0.25) is 0 Å². The molecule has 0 saturated heterocycles. The molecule has 7 heteroatoms. The second-order valence-electron chi connectivity index (χ2n) is 6.94. The summed E-state index contributed by atoms with van der Waals surface area (Å²) in [5.41, 5.74) is 4.40. The lowest BCUT2D eigenvalue weighted by Gasteiger charge is -2.18. The summed E-state index contributed by atoms with van der Waals surface area (Å²) in [6.07, 6.45) is -0.869. The van der Waals surface area contributed by atoms with E-state index in [1.54, 1.807) is 6.07 Å². The summed E-state index contributed by atoms with van der Waals surface area (Å²) in [4.78, 5) is 24.1. The Morgan fingerprint density at radius 1 is 1.00 bits per heavy atom. The van der Waals surface area contributed by atoms with Crippen LogP contribution >= 0.6 is 15.9 Å². The van der Waals surface area contributed by atoms with Gasteiger partial charge in [0, 0.05) is 16.0 Å². The molecular formula is C23H18BrNO5. The molecule has 152 valence electrons. The van der Waals surface area contributed by atoms with Crippen LogP contribution in [0.4, 0.5) is 4.79 Å². The molecule has 0 aliphatic heterocycles. The van der Waals surface area contributed by atoms with Crippen molar-refractivity contribution in [2.75, 3.05) is 6.61 Å². The molecule has 0 radical (unpaired) electrons. The molecule has 0 aromatic heterocycles. The van der Waals surface area contributed by atoms with E-state index >= 15 is 0 Å². The smallest absolute Gasteiger partial charge is 0.408 e. The number of carboxylic acid groups (broad SMARTS) is 1. The zero-order chi connectivity index (χ0) is 21.3. The highest BCUT2D eigenvalue weighted by atomic mass is 79.9. The number of carbonyl (C=O) groups excluding carboxylic acids is 1. The van der Waals surface area contributed by atoms with Gasteiger partial charge in [0.2, 0.25) is 0 Å². The average Bonchev–Trinajstić information content (AvgIpc) is 3.05. The van der Waals surface area contributed by atoms with E-state index in [0.717, 1.165) is 22.3 Å². The normalized spacial score (nSPS) is 13.2. The van der Waals surface area contributed by atoms with Crippen LogP contribution in [0, 0.1) is 0 Å². The minimum Gasteiger partial charge on any atom is -0.508 e. The lowest BCUT2D eigenvalue weighted by atomic mass is 9.98. The maximum absolute atomic E-state index is 12.4. The molecule has 0 saturated carbocycles. The van der Waals surface area contributed by atoms with Crippen molar-refractivity contribution in [1.82, 2.24) is 5.32 Å². The van der Waals surface area contributed by atoms with Crippen LogP contribution in [0.3, 0.4) is 0 Å². The highest BCUT2D eigenvalue weighted by molar-refractivity contribution is 9.10. The molecular weight excluding hydrogens is 450 g/mol. The average molecular weight is 468 g/mol. The number of rotatable bonds is 5. The molecule has 1 aliphatic rings. The van der Waals surface area contributed by atoms with Gasteiger partial charge in [0.05, 0.1) is 0 Å². The molecule has 3 N–H and O–H groups in total. The van der Waals surface area contributed by atoms with Gasteiger partial charge in [-0.15, -0.1) is 0 Å². The van der Waals surface area contributed by atoms with Gasteiger partial charge in [0.15, 0.2) is 6.04 Å². The first-order chi connectivity index (χ1) is 14.5. The number of hydrogen-bond donors (Lipinski definition) is 3. The highest BCUT2D eigenvalue weighted by Gasteiger charge is 2.30. The fourth-order valence-corrected chi connectivity index (χ4v) is 4.14. The molecule has 1 amide bonds. The number of carbonyl (C=O) groups is 2. The summed E-state index contributed by atoms with van der Waals surface area (Å²) in [7, 11) is 0. The number of halogens is 1. The third-order valence-corrected chi connectivity index (χ3v) is 5.65. The highest BCUT2D eigenvalue weighted by Crippen LogP contribution is 2.44. The third-order valence-electron chi connectivity index (χ3n) is 5.16. The molecule has 3 aromatic carbocycles. The van der Waals surface area contributed by atoms with Crippen LogP contribution in [0.5, 0.6) is 5.75 Å². The molecule has 30 heavy (non-hydrogen) atoms. The number of aliphatic carboxylic acids is 1. The van der Waals surface area contributed by atoms with Crippen molar-refractivity contribution in [3.63, 3.8) is 0 Å².